The number of nitrogens with one attached hydrogen (secondary N) is 1. The van der Waals surface area contributed by atoms with Crippen molar-refractivity contribution in [3.05, 3.63) is 77.3 Å². The molecule has 2 heterocycles. The molecule has 3 aromatic rings. The van der Waals surface area contributed by atoms with E-state index in [4.69, 9.17) is 14.2 Å². The Bertz CT molecular complexity index is 1280. The van der Waals surface area contributed by atoms with E-state index in [0.717, 1.165) is 11.1 Å². The monoisotopic (exact) mass is 505 g/mol. The predicted octanol–water partition coefficient (Wildman–Crippen LogP) is 3.57. The molecule has 2 aromatic carbocycles. The molecule has 1 aliphatic heterocycles. The Hall–Kier alpha value is -4.34. The predicted molar refractivity (Wildman–Crippen MR) is 137 cm³/mol. The van der Waals surface area contributed by atoms with Crippen LogP contribution in [0.25, 0.3) is 0 Å². The molecule has 1 aromatic heterocycles. The number of esters is 1. The van der Waals surface area contributed by atoms with E-state index < -0.39 is 12.0 Å². The molecule has 1 aliphatic rings. The average Bonchev–Trinajstić information content (AvgIpc) is 3.39. The van der Waals surface area contributed by atoms with Crippen molar-refractivity contribution in [2.45, 2.75) is 33.4 Å². The van der Waals surface area contributed by atoms with E-state index in [1.54, 1.807) is 28.6 Å². The average molecular weight is 506 g/mol. The molecule has 0 aliphatic carbocycles. The molecule has 37 heavy (non-hydrogen) atoms. The third kappa shape index (κ3) is 5.58. The van der Waals surface area contributed by atoms with E-state index in [-0.39, 0.29) is 19.1 Å². The lowest BCUT2D eigenvalue weighted by Gasteiger charge is -2.28. The van der Waals surface area contributed by atoms with Crippen LogP contribution in [-0.4, -0.2) is 58.3 Å². The molecule has 10 heteroatoms. The van der Waals surface area contributed by atoms with Gasteiger partial charge in [-0.3, -0.25) is 4.79 Å². The van der Waals surface area contributed by atoms with E-state index in [2.05, 4.69) is 15.4 Å². The van der Waals surface area contributed by atoms with Gasteiger partial charge in [0.1, 0.15) is 19.0 Å². The first-order valence-electron chi connectivity index (χ1n) is 12.1. The molecule has 194 valence electrons. The summed E-state index contributed by atoms with van der Waals surface area (Å²) < 4.78 is 18.7. The van der Waals surface area contributed by atoms with Gasteiger partial charge in [0, 0.05) is 18.8 Å². The first kappa shape index (κ1) is 25.7. The Labute approximate surface area is 215 Å². The number of fused-ring (bicyclic) bond motifs is 1. The minimum Gasteiger partial charge on any atom is -0.493 e. The zero-order valence-electron chi connectivity index (χ0n) is 21.4. The fraction of sp³-hybridized carbons (Fsp3) is 0.333. The normalized spacial score (nSPS) is 14.4. The summed E-state index contributed by atoms with van der Waals surface area (Å²) in [6.07, 6.45) is 1.42. The van der Waals surface area contributed by atoms with Crippen LogP contribution in [0.2, 0.25) is 0 Å². The summed E-state index contributed by atoms with van der Waals surface area (Å²) in [5.74, 6) is 0.784. The molecule has 4 rings (SSSR count). The van der Waals surface area contributed by atoms with Gasteiger partial charge < -0.3 is 24.4 Å². The van der Waals surface area contributed by atoms with Crippen molar-refractivity contribution in [1.29, 1.82) is 0 Å². The largest absolute Gasteiger partial charge is 0.493 e. The maximum absolute atomic E-state index is 13.3. The van der Waals surface area contributed by atoms with Crippen LogP contribution in [0.4, 0.5) is 5.95 Å². The first-order valence-corrected chi connectivity index (χ1v) is 12.1. The second kappa shape index (κ2) is 11.6. The molecule has 0 radical (unpaired) electrons. The van der Waals surface area contributed by atoms with E-state index in [9.17, 15) is 9.59 Å². The van der Waals surface area contributed by atoms with Gasteiger partial charge in [-0.1, -0.05) is 36.4 Å². The van der Waals surface area contributed by atoms with E-state index in [0.29, 0.717) is 41.8 Å². The number of ether oxygens (including phenoxy) is 3. The quantitative estimate of drug-likeness (QED) is 0.417. The van der Waals surface area contributed by atoms with Crippen LogP contribution in [0.5, 0.6) is 11.5 Å². The highest BCUT2D eigenvalue weighted by molar-refractivity contribution is 5.92. The van der Waals surface area contributed by atoms with Gasteiger partial charge in [-0.05, 0) is 44.0 Å². The fourth-order valence-electron chi connectivity index (χ4n) is 4.24. The second-order valence-corrected chi connectivity index (χ2v) is 8.42. The van der Waals surface area contributed by atoms with E-state index in [1.807, 2.05) is 50.2 Å². The summed E-state index contributed by atoms with van der Waals surface area (Å²) in [6, 6.07) is 14.2. The molecule has 0 bridgehead atoms. The first-order chi connectivity index (χ1) is 18.0. The Balaban J connectivity index is 1.61. The number of methoxy groups -OCH3 is 1. The lowest BCUT2D eigenvalue weighted by atomic mass is 9.95. The van der Waals surface area contributed by atoms with Gasteiger partial charge in [0.2, 0.25) is 5.95 Å². The van der Waals surface area contributed by atoms with Gasteiger partial charge in [0.25, 0.3) is 5.91 Å². The molecule has 1 atom stereocenters. The van der Waals surface area contributed by atoms with Gasteiger partial charge >= 0.3 is 5.97 Å². The van der Waals surface area contributed by atoms with Gasteiger partial charge in [0.15, 0.2) is 18.1 Å². The maximum atomic E-state index is 13.3. The van der Waals surface area contributed by atoms with Crippen LogP contribution in [0.3, 0.4) is 0 Å². The molecular formula is C27H31N5O5. The summed E-state index contributed by atoms with van der Waals surface area (Å²) in [5.41, 5.74) is 2.63. The number of aromatic nitrogens is 3. The molecular weight excluding hydrogens is 474 g/mol. The Morgan fingerprint density at radius 2 is 1.84 bits per heavy atom. The second-order valence-electron chi connectivity index (χ2n) is 8.42. The number of allylic oxidation sites excluding steroid dienone is 1. The molecule has 1 amide bonds. The molecule has 1 N–H and O–H groups in total. The van der Waals surface area contributed by atoms with Crippen molar-refractivity contribution in [2.75, 3.05) is 32.1 Å². The smallest absolute Gasteiger partial charge is 0.338 e. The lowest BCUT2D eigenvalue weighted by molar-refractivity contribution is -0.141. The standard InChI is InChI=1S/C27H31N5O5/c1-5-31(6-2)23(33)16-36-21-13-12-20(14-22(21)35-4)25-24(18(3)30-27-28-17-29-32(25)27)26(34)37-15-19-10-8-7-9-11-19/h7-14,17,25H,5-6,15-16H2,1-4H3,(H,28,29,30). The summed E-state index contributed by atoms with van der Waals surface area (Å²) in [7, 11) is 1.53. The Morgan fingerprint density at radius 3 is 2.54 bits per heavy atom. The van der Waals surface area contributed by atoms with Crippen LogP contribution in [-0.2, 0) is 20.9 Å². The molecule has 10 nitrogen and oxygen atoms in total. The van der Waals surface area contributed by atoms with Crippen molar-refractivity contribution in [1.82, 2.24) is 19.7 Å². The van der Waals surface area contributed by atoms with Crippen LogP contribution < -0.4 is 14.8 Å². The van der Waals surface area contributed by atoms with Gasteiger partial charge in [-0.2, -0.15) is 10.1 Å². The third-order valence-electron chi connectivity index (χ3n) is 6.20. The third-order valence-corrected chi connectivity index (χ3v) is 6.20. The van der Waals surface area contributed by atoms with Crippen molar-refractivity contribution in [3.8, 4) is 11.5 Å². The topological polar surface area (TPSA) is 108 Å². The zero-order valence-corrected chi connectivity index (χ0v) is 21.4. The number of likely N-dealkylation sites (N-methyl/N-ethyl adjacent to an activating group) is 1. The zero-order chi connectivity index (χ0) is 26.4. The van der Waals surface area contributed by atoms with Crippen molar-refractivity contribution in [2.24, 2.45) is 0 Å². The van der Waals surface area contributed by atoms with Crippen molar-refractivity contribution in [3.63, 3.8) is 0 Å². The molecule has 0 spiro atoms. The van der Waals surface area contributed by atoms with Crippen LogP contribution in [0.15, 0.2) is 66.1 Å². The number of hydrogen-bond donors (Lipinski definition) is 1. The Kier molecular flexibility index (Phi) is 8.07. The van der Waals surface area contributed by atoms with Crippen LogP contribution >= 0.6 is 0 Å². The summed E-state index contributed by atoms with van der Waals surface area (Å²) in [6.45, 7) is 6.91. The number of anilines is 1. The maximum Gasteiger partial charge on any atom is 0.338 e. The number of amides is 1. The highest BCUT2D eigenvalue weighted by Crippen LogP contribution is 2.39. The minimum absolute atomic E-state index is 0.103. The van der Waals surface area contributed by atoms with E-state index >= 15 is 0 Å². The minimum atomic E-state index is -0.609. The number of nitrogens with zero attached hydrogens (tertiary/aromatic N) is 4. The fourth-order valence-corrected chi connectivity index (χ4v) is 4.24. The van der Waals surface area contributed by atoms with Crippen molar-refractivity contribution >= 4 is 17.8 Å². The Morgan fingerprint density at radius 1 is 1.08 bits per heavy atom. The highest BCUT2D eigenvalue weighted by Gasteiger charge is 2.35. The number of carbonyl (C=O) groups excluding carboxylic acids is 2. The highest BCUT2D eigenvalue weighted by atomic mass is 16.5. The summed E-state index contributed by atoms with van der Waals surface area (Å²) in [4.78, 5) is 31.7. The molecule has 0 saturated carbocycles. The van der Waals surface area contributed by atoms with Gasteiger partial charge in [-0.25, -0.2) is 9.48 Å². The number of carbonyl (C=O) groups is 2. The number of hydrogen-bond acceptors (Lipinski definition) is 8. The molecule has 0 fully saturated rings. The van der Waals surface area contributed by atoms with Gasteiger partial charge in [0.05, 0.1) is 12.7 Å². The van der Waals surface area contributed by atoms with Crippen LogP contribution in [0.1, 0.15) is 37.9 Å². The number of benzene rings is 2. The van der Waals surface area contributed by atoms with E-state index in [1.165, 1.54) is 13.4 Å². The van der Waals surface area contributed by atoms with Crippen molar-refractivity contribution < 1.29 is 23.8 Å². The summed E-state index contributed by atoms with van der Waals surface area (Å²) in [5, 5.41) is 7.49. The SMILES string of the molecule is CCN(CC)C(=O)COc1ccc(C2C(C(=O)OCc3ccccc3)=C(C)Nc3ncnn32)cc1OC. The van der Waals surface area contributed by atoms with Crippen LogP contribution in [0, 0.1) is 0 Å². The summed E-state index contributed by atoms with van der Waals surface area (Å²) >= 11 is 0. The lowest BCUT2D eigenvalue weighted by Crippen LogP contribution is -2.34. The van der Waals surface area contributed by atoms with Gasteiger partial charge in [-0.15, -0.1) is 0 Å². The molecule has 1 unspecified atom stereocenters. The molecule has 0 saturated heterocycles. The number of rotatable bonds is 10.